The SMILES string of the molecule is CCOC(=O)[C@H](C#N)C=N[C@@H](C)C(=O)OC. The van der Waals surface area contributed by atoms with Gasteiger partial charge in [-0.15, -0.1) is 0 Å². The molecule has 0 N–H and O–H groups in total. The maximum atomic E-state index is 11.2. The quantitative estimate of drug-likeness (QED) is 0.497. The summed E-state index contributed by atoms with van der Waals surface area (Å²) >= 11 is 0. The van der Waals surface area contributed by atoms with Gasteiger partial charge in [-0.1, -0.05) is 0 Å². The number of hydrogen-bond acceptors (Lipinski definition) is 6. The Morgan fingerprint density at radius 1 is 1.50 bits per heavy atom. The summed E-state index contributed by atoms with van der Waals surface area (Å²) in [4.78, 5) is 25.9. The van der Waals surface area contributed by atoms with Crippen LogP contribution in [0.25, 0.3) is 0 Å². The van der Waals surface area contributed by atoms with E-state index in [0.717, 1.165) is 6.21 Å². The summed E-state index contributed by atoms with van der Waals surface area (Å²) in [5, 5.41) is 8.67. The van der Waals surface area contributed by atoms with Crippen molar-refractivity contribution in [2.45, 2.75) is 19.9 Å². The van der Waals surface area contributed by atoms with E-state index in [9.17, 15) is 9.59 Å². The molecule has 0 aliphatic carbocycles. The van der Waals surface area contributed by atoms with E-state index in [1.54, 1.807) is 13.0 Å². The second-order valence-electron chi connectivity index (χ2n) is 2.86. The van der Waals surface area contributed by atoms with Gasteiger partial charge in [0.05, 0.1) is 19.8 Å². The number of hydrogen-bond donors (Lipinski definition) is 0. The fourth-order valence-electron chi connectivity index (χ4n) is 0.826. The lowest BCUT2D eigenvalue weighted by Gasteiger charge is -2.05. The molecule has 0 aliphatic rings. The monoisotopic (exact) mass is 226 g/mol. The molecule has 0 bridgehead atoms. The molecule has 6 heteroatoms. The van der Waals surface area contributed by atoms with Gasteiger partial charge in [0.1, 0.15) is 6.04 Å². The maximum absolute atomic E-state index is 11.2. The van der Waals surface area contributed by atoms with Crippen molar-refractivity contribution in [3.8, 4) is 6.07 Å². The molecule has 0 aromatic rings. The zero-order valence-corrected chi connectivity index (χ0v) is 9.47. The van der Waals surface area contributed by atoms with Crippen LogP contribution in [0.1, 0.15) is 13.8 Å². The molecule has 16 heavy (non-hydrogen) atoms. The minimum Gasteiger partial charge on any atom is -0.467 e. The van der Waals surface area contributed by atoms with Gasteiger partial charge < -0.3 is 9.47 Å². The first-order valence-electron chi connectivity index (χ1n) is 4.74. The van der Waals surface area contributed by atoms with E-state index in [2.05, 4.69) is 14.5 Å². The van der Waals surface area contributed by atoms with Crippen molar-refractivity contribution in [3.63, 3.8) is 0 Å². The van der Waals surface area contributed by atoms with Crippen LogP contribution in [-0.4, -0.2) is 37.9 Å². The highest BCUT2D eigenvalue weighted by Gasteiger charge is 2.18. The van der Waals surface area contributed by atoms with E-state index < -0.39 is 23.9 Å². The van der Waals surface area contributed by atoms with Gasteiger partial charge >= 0.3 is 11.9 Å². The molecule has 0 rings (SSSR count). The van der Waals surface area contributed by atoms with Gasteiger partial charge in [-0.25, -0.2) is 4.79 Å². The zero-order valence-electron chi connectivity index (χ0n) is 9.47. The van der Waals surface area contributed by atoms with Gasteiger partial charge in [-0.2, -0.15) is 5.26 Å². The van der Waals surface area contributed by atoms with Crippen LogP contribution in [0, 0.1) is 17.2 Å². The predicted octanol–water partition coefficient (Wildman–Crippen LogP) is 0.322. The molecule has 0 saturated carbocycles. The third-order valence-corrected chi connectivity index (χ3v) is 1.68. The highest BCUT2D eigenvalue weighted by molar-refractivity contribution is 5.93. The largest absolute Gasteiger partial charge is 0.467 e. The second-order valence-corrected chi connectivity index (χ2v) is 2.86. The summed E-state index contributed by atoms with van der Waals surface area (Å²) in [6.07, 6.45) is 1.10. The van der Waals surface area contributed by atoms with Gasteiger partial charge in [-0.05, 0) is 13.8 Å². The second kappa shape index (κ2) is 7.40. The normalized spacial score (nSPS) is 13.9. The molecule has 0 spiro atoms. The molecule has 0 aromatic heterocycles. The molecule has 0 fully saturated rings. The van der Waals surface area contributed by atoms with E-state index in [4.69, 9.17) is 5.26 Å². The lowest BCUT2D eigenvalue weighted by molar-refractivity contribution is -0.144. The lowest BCUT2D eigenvalue weighted by atomic mass is 10.2. The number of rotatable bonds is 5. The average Bonchev–Trinajstić information content (AvgIpc) is 2.28. The Bertz CT molecular complexity index is 319. The highest BCUT2D eigenvalue weighted by Crippen LogP contribution is 1.98. The molecule has 0 saturated heterocycles. The number of carbonyl (C=O) groups is 2. The van der Waals surface area contributed by atoms with Crippen molar-refractivity contribution in [1.82, 2.24) is 0 Å². The summed E-state index contributed by atoms with van der Waals surface area (Å²) in [7, 11) is 1.24. The summed E-state index contributed by atoms with van der Waals surface area (Å²) in [6.45, 7) is 3.33. The molecule has 0 aliphatic heterocycles. The molecule has 0 amide bonds. The summed E-state index contributed by atoms with van der Waals surface area (Å²) in [6, 6.07) is 0.982. The third-order valence-electron chi connectivity index (χ3n) is 1.68. The van der Waals surface area contributed by atoms with E-state index >= 15 is 0 Å². The number of methoxy groups -OCH3 is 1. The standard InChI is InChI=1S/C10H14N2O4/c1-4-16-10(14)8(5-11)6-12-7(2)9(13)15-3/h6-8H,4H2,1-3H3/t7-,8+/m0/s1. The van der Waals surface area contributed by atoms with Crippen molar-refractivity contribution >= 4 is 18.2 Å². The van der Waals surface area contributed by atoms with E-state index in [1.807, 2.05) is 0 Å². The molecule has 6 nitrogen and oxygen atoms in total. The molecule has 88 valence electrons. The van der Waals surface area contributed by atoms with Crippen molar-refractivity contribution in [2.24, 2.45) is 10.9 Å². The molecule has 0 heterocycles. The average molecular weight is 226 g/mol. The fraction of sp³-hybridized carbons (Fsp3) is 0.600. The van der Waals surface area contributed by atoms with Crippen LogP contribution < -0.4 is 0 Å². The molecule has 2 atom stereocenters. The van der Waals surface area contributed by atoms with Crippen LogP contribution in [-0.2, 0) is 19.1 Å². The van der Waals surface area contributed by atoms with Gasteiger partial charge in [-0.3, -0.25) is 9.79 Å². The Morgan fingerprint density at radius 3 is 2.56 bits per heavy atom. The summed E-state index contributed by atoms with van der Waals surface area (Å²) in [5.74, 6) is -2.30. The van der Waals surface area contributed by atoms with Crippen LogP contribution in [0.3, 0.4) is 0 Å². The zero-order chi connectivity index (χ0) is 12.6. The van der Waals surface area contributed by atoms with Gasteiger partial charge in [0.25, 0.3) is 0 Å². The van der Waals surface area contributed by atoms with Crippen molar-refractivity contribution in [3.05, 3.63) is 0 Å². The van der Waals surface area contributed by atoms with Crippen LogP contribution in [0.2, 0.25) is 0 Å². The van der Waals surface area contributed by atoms with Crippen LogP contribution in [0.15, 0.2) is 4.99 Å². The summed E-state index contributed by atoms with van der Waals surface area (Å²) < 4.78 is 9.08. The molecule has 0 radical (unpaired) electrons. The number of carbonyl (C=O) groups excluding carboxylic acids is 2. The Labute approximate surface area is 93.9 Å². The van der Waals surface area contributed by atoms with Crippen LogP contribution in [0.4, 0.5) is 0 Å². The van der Waals surface area contributed by atoms with Crippen molar-refractivity contribution in [1.29, 1.82) is 5.26 Å². The fourth-order valence-corrected chi connectivity index (χ4v) is 0.826. The first-order chi connectivity index (χ1) is 7.56. The Hall–Kier alpha value is -1.90. The minimum atomic E-state index is -1.09. The van der Waals surface area contributed by atoms with E-state index in [-0.39, 0.29) is 6.61 Å². The number of esters is 2. The van der Waals surface area contributed by atoms with Crippen LogP contribution >= 0.6 is 0 Å². The highest BCUT2D eigenvalue weighted by atomic mass is 16.5. The van der Waals surface area contributed by atoms with E-state index in [0.29, 0.717) is 0 Å². The molecule has 0 aromatic carbocycles. The molecular formula is C10H14N2O4. The third kappa shape index (κ3) is 4.55. The van der Waals surface area contributed by atoms with Gasteiger partial charge in [0, 0.05) is 6.21 Å². The topological polar surface area (TPSA) is 88.8 Å². The molecule has 0 unspecified atom stereocenters. The number of nitrogens with zero attached hydrogens (tertiary/aromatic N) is 2. The Kier molecular flexibility index (Phi) is 6.52. The lowest BCUT2D eigenvalue weighted by Crippen LogP contribution is -2.21. The smallest absolute Gasteiger partial charge is 0.330 e. The first-order valence-corrected chi connectivity index (χ1v) is 4.74. The van der Waals surface area contributed by atoms with Crippen molar-refractivity contribution in [2.75, 3.05) is 13.7 Å². The number of nitriles is 1. The Balaban J connectivity index is 4.44. The van der Waals surface area contributed by atoms with Crippen molar-refractivity contribution < 1.29 is 19.1 Å². The summed E-state index contributed by atoms with van der Waals surface area (Å²) in [5.41, 5.74) is 0. The molecular weight excluding hydrogens is 212 g/mol. The first kappa shape index (κ1) is 14.1. The van der Waals surface area contributed by atoms with Crippen LogP contribution in [0.5, 0.6) is 0 Å². The van der Waals surface area contributed by atoms with E-state index in [1.165, 1.54) is 14.0 Å². The van der Waals surface area contributed by atoms with Gasteiger partial charge in [0.15, 0.2) is 5.92 Å². The Morgan fingerprint density at radius 2 is 2.12 bits per heavy atom. The minimum absolute atomic E-state index is 0.192. The number of aliphatic imine (C=N–C) groups is 1. The maximum Gasteiger partial charge on any atom is 0.330 e. The van der Waals surface area contributed by atoms with Gasteiger partial charge in [0.2, 0.25) is 0 Å². The number of ether oxygens (including phenoxy) is 2. The predicted molar refractivity (Wildman–Crippen MR) is 55.7 cm³/mol.